The average molecular weight is 422 g/mol. The van der Waals surface area contributed by atoms with E-state index < -0.39 is 73.9 Å². The molecule has 2 aliphatic heterocycles. The molecule has 0 spiro atoms. The van der Waals surface area contributed by atoms with Gasteiger partial charge in [0.25, 0.3) is 0 Å². The molecule has 2 rings (SSSR count). The first kappa shape index (κ1) is 23.7. The summed E-state index contributed by atoms with van der Waals surface area (Å²) in [4.78, 5) is 13.9. The number of rotatable bonds is 7. The van der Waals surface area contributed by atoms with Gasteiger partial charge in [0.2, 0.25) is 5.91 Å². The van der Waals surface area contributed by atoms with Crippen molar-refractivity contribution in [1.82, 2.24) is 5.32 Å². The number of amides is 1. The quantitative estimate of drug-likeness (QED) is 0.121. The lowest BCUT2D eigenvalue weighted by molar-refractivity contribution is -0.373. The number of carbonyl (C=O) groups is 1. The first-order valence-corrected chi connectivity index (χ1v) is 9.03. The summed E-state index contributed by atoms with van der Waals surface area (Å²) in [6, 6.07) is 0. The fraction of sp³-hybridized carbons (Fsp3) is 0.933. The van der Waals surface area contributed by atoms with Crippen molar-refractivity contribution in [3.63, 3.8) is 0 Å². The minimum Gasteiger partial charge on any atom is -0.388 e. The summed E-state index contributed by atoms with van der Waals surface area (Å²) in [6.45, 7) is 0.888. The normalized spacial score (nSPS) is 42.7. The predicted molar refractivity (Wildman–Crippen MR) is 91.8 cm³/mol. The van der Waals surface area contributed by atoms with Crippen molar-refractivity contribution < 1.29 is 49.6 Å². The number of nitrogens with zero attached hydrogens (tertiary/aromatic N) is 3. The molecular weight excluding hydrogens is 396 g/mol. The van der Waals surface area contributed by atoms with E-state index in [1.807, 2.05) is 0 Å². The van der Waals surface area contributed by atoms with Crippen LogP contribution in [-0.2, 0) is 19.0 Å². The fourth-order valence-corrected chi connectivity index (χ4v) is 3.06. The molecule has 29 heavy (non-hydrogen) atoms. The van der Waals surface area contributed by atoms with E-state index >= 15 is 0 Å². The Bertz CT molecular complexity index is 604. The van der Waals surface area contributed by atoms with Crippen LogP contribution in [0.4, 0.5) is 0 Å². The number of aliphatic hydroxyl groups excluding tert-OH is 6. The molecule has 0 radical (unpaired) electrons. The van der Waals surface area contributed by atoms with Gasteiger partial charge in [-0.05, 0) is 12.0 Å². The van der Waals surface area contributed by atoms with Crippen LogP contribution in [0.1, 0.15) is 13.3 Å². The summed E-state index contributed by atoms with van der Waals surface area (Å²) in [7, 11) is 0. The van der Waals surface area contributed by atoms with E-state index in [-0.39, 0.29) is 6.54 Å². The highest BCUT2D eigenvalue weighted by Crippen LogP contribution is 2.28. The maximum Gasteiger partial charge on any atom is 0.225 e. The molecule has 4 unspecified atom stereocenters. The molecule has 0 aromatic carbocycles. The lowest BCUT2D eigenvalue weighted by Gasteiger charge is -2.45. The zero-order chi connectivity index (χ0) is 21.7. The Morgan fingerprint density at radius 3 is 2.00 bits per heavy atom. The Labute approximate surface area is 165 Å². The van der Waals surface area contributed by atoms with Crippen molar-refractivity contribution in [1.29, 1.82) is 0 Å². The second-order valence-electron chi connectivity index (χ2n) is 6.77. The summed E-state index contributed by atoms with van der Waals surface area (Å²) in [5.74, 6) is -0.661. The molecule has 10 atom stereocenters. The molecule has 0 saturated carbocycles. The Balaban J connectivity index is 2.03. The first-order valence-electron chi connectivity index (χ1n) is 9.03. The van der Waals surface area contributed by atoms with Gasteiger partial charge in [-0.2, -0.15) is 0 Å². The van der Waals surface area contributed by atoms with E-state index in [0.717, 1.165) is 0 Å². The van der Waals surface area contributed by atoms with Crippen molar-refractivity contribution in [3.05, 3.63) is 10.4 Å². The van der Waals surface area contributed by atoms with Crippen LogP contribution in [0.5, 0.6) is 0 Å². The van der Waals surface area contributed by atoms with Crippen LogP contribution in [0.15, 0.2) is 5.11 Å². The summed E-state index contributed by atoms with van der Waals surface area (Å²) in [5, 5.41) is 65.5. The molecule has 166 valence electrons. The monoisotopic (exact) mass is 422 g/mol. The van der Waals surface area contributed by atoms with Gasteiger partial charge in [-0.1, -0.05) is 12.0 Å². The Kier molecular flexibility index (Phi) is 8.54. The van der Waals surface area contributed by atoms with Gasteiger partial charge >= 0.3 is 0 Å². The third kappa shape index (κ3) is 5.52. The maximum atomic E-state index is 11.5. The zero-order valence-corrected chi connectivity index (χ0v) is 15.6. The zero-order valence-electron chi connectivity index (χ0n) is 15.6. The lowest BCUT2D eigenvalue weighted by atomic mass is 9.97. The van der Waals surface area contributed by atoms with Gasteiger partial charge in [0.15, 0.2) is 12.6 Å². The maximum absolute atomic E-state index is 11.5. The van der Waals surface area contributed by atoms with E-state index in [9.17, 15) is 35.4 Å². The molecule has 2 aliphatic rings. The summed E-state index contributed by atoms with van der Waals surface area (Å²) < 4.78 is 16.1. The minimum atomic E-state index is -1.74. The molecule has 2 saturated heterocycles. The number of hydrogen-bond donors (Lipinski definition) is 7. The summed E-state index contributed by atoms with van der Waals surface area (Å²) >= 11 is 0. The number of carbonyl (C=O) groups excluding carboxylic acids is 1. The lowest BCUT2D eigenvalue weighted by Crippen LogP contribution is -2.64. The van der Waals surface area contributed by atoms with Crippen molar-refractivity contribution in [3.8, 4) is 0 Å². The van der Waals surface area contributed by atoms with Gasteiger partial charge in [0.05, 0.1) is 6.10 Å². The third-order valence-corrected chi connectivity index (χ3v) is 4.79. The van der Waals surface area contributed by atoms with Crippen LogP contribution in [0.3, 0.4) is 0 Å². The van der Waals surface area contributed by atoms with E-state index in [0.29, 0.717) is 6.42 Å². The van der Waals surface area contributed by atoms with E-state index in [4.69, 9.17) is 19.7 Å². The van der Waals surface area contributed by atoms with Crippen LogP contribution >= 0.6 is 0 Å². The third-order valence-electron chi connectivity index (χ3n) is 4.79. The standard InChI is InChI=1S/C15H26N4O10/c1-2-5-8(21)10(23)12(25)14(27-5)29-15-13(26)11(24)9(22)6(28-15)3-17-7(20)4-18-19-16/h5-6,8-15,21-26H,2-4H2,1H3,(H,17,20)/t5?,6?,8-,9-,10?,11+,12-,13?,14-,15-/m1/s1. The molecule has 2 fully saturated rings. The number of ether oxygens (including phenoxy) is 3. The van der Waals surface area contributed by atoms with Gasteiger partial charge in [-0.15, -0.1) is 0 Å². The highest BCUT2D eigenvalue weighted by molar-refractivity contribution is 5.78. The Hall–Kier alpha value is -1.58. The van der Waals surface area contributed by atoms with Crippen LogP contribution < -0.4 is 5.32 Å². The van der Waals surface area contributed by atoms with Crippen molar-refractivity contribution in [2.24, 2.45) is 5.11 Å². The molecular formula is C15H26N4O10. The average Bonchev–Trinajstić information content (AvgIpc) is 2.71. The number of nitrogens with one attached hydrogen (secondary N) is 1. The molecule has 14 nitrogen and oxygen atoms in total. The van der Waals surface area contributed by atoms with Gasteiger partial charge in [0.1, 0.15) is 49.3 Å². The van der Waals surface area contributed by atoms with Crippen LogP contribution in [0, 0.1) is 0 Å². The summed E-state index contributed by atoms with van der Waals surface area (Å²) in [5.41, 5.74) is 8.19. The molecule has 0 bridgehead atoms. The molecule has 0 aromatic rings. The van der Waals surface area contributed by atoms with Gasteiger partial charge in [0, 0.05) is 11.5 Å². The van der Waals surface area contributed by atoms with E-state index in [2.05, 4.69) is 15.3 Å². The van der Waals surface area contributed by atoms with Crippen molar-refractivity contribution in [2.45, 2.75) is 74.8 Å². The van der Waals surface area contributed by atoms with Crippen LogP contribution in [0.2, 0.25) is 0 Å². The highest BCUT2D eigenvalue weighted by Gasteiger charge is 2.49. The van der Waals surface area contributed by atoms with E-state index in [1.165, 1.54) is 0 Å². The predicted octanol–water partition coefficient (Wildman–Crippen LogP) is -3.55. The minimum absolute atomic E-state index is 0.292. The second kappa shape index (κ2) is 10.4. The van der Waals surface area contributed by atoms with Crippen molar-refractivity contribution in [2.75, 3.05) is 13.1 Å². The van der Waals surface area contributed by atoms with Crippen LogP contribution in [-0.4, -0.2) is 111 Å². The molecule has 7 N–H and O–H groups in total. The molecule has 0 aromatic heterocycles. The van der Waals surface area contributed by atoms with Crippen molar-refractivity contribution >= 4 is 5.91 Å². The highest BCUT2D eigenvalue weighted by atomic mass is 16.8. The van der Waals surface area contributed by atoms with E-state index in [1.54, 1.807) is 6.92 Å². The van der Waals surface area contributed by atoms with Crippen LogP contribution in [0.25, 0.3) is 10.4 Å². The Morgan fingerprint density at radius 1 is 0.966 bits per heavy atom. The number of azide groups is 1. The molecule has 0 aliphatic carbocycles. The topological polar surface area (TPSA) is 227 Å². The fourth-order valence-electron chi connectivity index (χ4n) is 3.06. The molecule has 14 heteroatoms. The second-order valence-corrected chi connectivity index (χ2v) is 6.77. The van der Waals surface area contributed by atoms with Gasteiger partial charge in [-0.3, -0.25) is 4.79 Å². The number of aliphatic hydroxyl groups is 6. The smallest absolute Gasteiger partial charge is 0.225 e. The number of hydrogen-bond acceptors (Lipinski definition) is 11. The van der Waals surface area contributed by atoms with Gasteiger partial charge < -0.3 is 50.2 Å². The largest absolute Gasteiger partial charge is 0.388 e. The Morgan fingerprint density at radius 2 is 1.48 bits per heavy atom. The SMILES string of the molecule is CCC1O[C@H](O[C@H]2OC(CNC(=O)CN=[N+]=[N-])[C@@H](O)[C@H](O)C2O)[C@H](O)C(O)[C@@H]1O. The summed E-state index contributed by atoms with van der Waals surface area (Å²) in [6.07, 6.45) is -14.5. The molecule has 2 heterocycles. The first-order chi connectivity index (χ1) is 13.7. The van der Waals surface area contributed by atoms with Gasteiger partial charge in [-0.25, -0.2) is 0 Å². The molecule has 1 amide bonds.